The largest absolute Gasteiger partial charge is 0.395 e. The van der Waals surface area contributed by atoms with E-state index >= 15 is 0 Å². The van der Waals surface area contributed by atoms with E-state index in [1.54, 1.807) is 0 Å². The monoisotopic (exact) mass is 172 g/mol. The van der Waals surface area contributed by atoms with Gasteiger partial charge in [-0.15, -0.1) is 0 Å². The van der Waals surface area contributed by atoms with Crippen molar-refractivity contribution in [2.45, 2.75) is 12.8 Å². The number of nitrogens with one attached hydrogen (secondary N) is 1. The molecule has 0 saturated carbocycles. The molecule has 1 heterocycles. The molecule has 3 nitrogen and oxygen atoms in total. The zero-order valence-corrected chi connectivity index (χ0v) is 7.92. The summed E-state index contributed by atoms with van der Waals surface area (Å²) in [7, 11) is 2.00. The molecule has 3 heteroatoms. The minimum Gasteiger partial charge on any atom is -0.395 e. The number of piperidine rings is 1. The Kier molecular flexibility index (Phi) is 4.58. The molecule has 0 radical (unpaired) electrons. The first-order chi connectivity index (χ1) is 5.86. The van der Waals surface area contributed by atoms with Gasteiger partial charge in [-0.05, 0) is 38.9 Å². The van der Waals surface area contributed by atoms with Crippen molar-refractivity contribution >= 4 is 0 Å². The molecule has 1 aliphatic heterocycles. The molecule has 12 heavy (non-hydrogen) atoms. The predicted molar refractivity (Wildman–Crippen MR) is 50.2 cm³/mol. The van der Waals surface area contributed by atoms with Crippen LogP contribution in [-0.2, 0) is 0 Å². The number of hydrogen-bond donors (Lipinski definition) is 2. The molecule has 0 bridgehead atoms. The second-order valence-corrected chi connectivity index (χ2v) is 3.59. The van der Waals surface area contributed by atoms with Gasteiger partial charge in [0.2, 0.25) is 0 Å². The van der Waals surface area contributed by atoms with E-state index in [9.17, 15) is 0 Å². The Morgan fingerprint density at radius 1 is 1.58 bits per heavy atom. The molecule has 1 aliphatic rings. The minimum absolute atomic E-state index is 0.298. The molecule has 0 amide bonds. The number of rotatable bonds is 4. The van der Waals surface area contributed by atoms with Crippen LogP contribution in [0.3, 0.4) is 0 Å². The van der Waals surface area contributed by atoms with E-state index in [2.05, 4.69) is 10.2 Å². The average molecular weight is 172 g/mol. The highest BCUT2D eigenvalue weighted by atomic mass is 16.3. The van der Waals surface area contributed by atoms with Gasteiger partial charge in [-0.25, -0.2) is 0 Å². The maximum atomic E-state index is 8.78. The number of hydrogen-bond acceptors (Lipinski definition) is 3. The van der Waals surface area contributed by atoms with E-state index < -0.39 is 0 Å². The Labute approximate surface area is 74.8 Å². The first kappa shape index (κ1) is 9.96. The molecular weight excluding hydrogens is 152 g/mol. The van der Waals surface area contributed by atoms with E-state index in [-0.39, 0.29) is 0 Å². The lowest BCUT2D eigenvalue weighted by Crippen LogP contribution is -2.40. The molecule has 0 aromatic rings. The van der Waals surface area contributed by atoms with Crippen molar-refractivity contribution in [1.82, 2.24) is 10.2 Å². The lowest BCUT2D eigenvalue weighted by atomic mass is 9.98. The van der Waals surface area contributed by atoms with Gasteiger partial charge in [-0.3, -0.25) is 0 Å². The average Bonchev–Trinajstić information content (AvgIpc) is 2.06. The maximum absolute atomic E-state index is 8.78. The summed E-state index contributed by atoms with van der Waals surface area (Å²) < 4.78 is 0. The summed E-state index contributed by atoms with van der Waals surface area (Å²) in [5.74, 6) is 0.787. The zero-order valence-electron chi connectivity index (χ0n) is 7.92. The van der Waals surface area contributed by atoms with Gasteiger partial charge in [0.1, 0.15) is 0 Å². The van der Waals surface area contributed by atoms with Crippen molar-refractivity contribution in [3.63, 3.8) is 0 Å². The number of aliphatic hydroxyl groups is 1. The van der Waals surface area contributed by atoms with Crippen LogP contribution < -0.4 is 5.32 Å². The second-order valence-electron chi connectivity index (χ2n) is 3.59. The minimum atomic E-state index is 0.298. The van der Waals surface area contributed by atoms with Crippen molar-refractivity contribution in [1.29, 1.82) is 0 Å². The molecule has 1 saturated heterocycles. The Balaban J connectivity index is 2.20. The van der Waals surface area contributed by atoms with Crippen molar-refractivity contribution in [2.24, 2.45) is 5.92 Å². The summed E-state index contributed by atoms with van der Waals surface area (Å²) in [5.41, 5.74) is 0. The van der Waals surface area contributed by atoms with Crippen LogP contribution in [0.2, 0.25) is 0 Å². The Bertz CT molecular complexity index is 103. The molecule has 0 aliphatic carbocycles. The third kappa shape index (κ3) is 3.09. The number of nitrogens with zero attached hydrogens (tertiary/aromatic N) is 1. The van der Waals surface area contributed by atoms with Crippen molar-refractivity contribution in [3.8, 4) is 0 Å². The van der Waals surface area contributed by atoms with Gasteiger partial charge in [-0.2, -0.15) is 0 Å². The Morgan fingerprint density at radius 2 is 2.42 bits per heavy atom. The molecule has 0 aromatic carbocycles. The smallest absolute Gasteiger partial charge is 0.0558 e. The van der Waals surface area contributed by atoms with Crippen molar-refractivity contribution in [2.75, 3.05) is 39.8 Å². The third-order valence-corrected chi connectivity index (χ3v) is 2.51. The third-order valence-electron chi connectivity index (χ3n) is 2.51. The number of likely N-dealkylation sites (tertiary alicyclic amines) is 1. The highest BCUT2D eigenvalue weighted by molar-refractivity contribution is 4.73. The van der Waals surface area contributed by atoms with Crippen LogP contribution in [0.25, 0.3) is 0 Å². The molecule has 0 unspecified atom stereocenters. The van der Waals surface area contributed by atoms with Crippen LogP contribution in [0.1, 0.15) is 12.8 Å². The van der Waals surface area contributed by atoms with E-state index in [1.165, 1.54) is 19.4 Å². The van der Waals surface area contributed by atoms with Crippen LogP contribution in [0, 0.1) is 5.92 Å². The summed E-state index contributed by atoms with van der Waals surface area (Å²) in [6.45, 7) is 4.58. The summed E-state index contributed by atoms with van der Waals surface area (Å²) in [5, 5.41) is 12.0. The topological polar surface area (TPSA) is 35.5 Å². The van der Waals surface area contributed by atoms with E-state index in [0.29, 0.717) is 6.61 Å². The lowest BCUT2D eigenvalue weighted by Gasteiger charge is -2.32. The standard InChI is InChI=1S/C9H20N2O/c1-10-7-9-3-2-4-11(8-9)5-6-12/h9-10,12H,2-8H2,1H3/t9-/m0/s1. The summed E-state index contributed by atoms with van der Waals surface area (Å²) >= 11 is 0. The molecule has 2 N–H and O–H groups in total. The SMILES string of the molecule is CNC[C@@H]1CCCN(CCO)C1. The van der Waals surface area contributed by atoms with Gasteiger partial charge in [0.15, 0.2) is 0 Å². The van der Waals surface area contributed by atoms with Crippen LogP contribution in [0.15, 0.2) is 0 Å². The molecule has 0 aromatic heterocycles. The molecular formula is C9H20N2O. The fourth-order valence-corrected chi connectivity index (χ4v) is 1.95. The number of aliphatic hydroxyl groups excluding tert-OH is 1. The van der Waals surface area contributed by atoms with Gasteiger partial charge in [-0.1, -0.05) is 0 Å². The molecule has 1 fully saturated rings. The predicted octanol–water partition coefficient (Wildman–Crippen LogP) is -0.0899. The fourth-order valence-electron chi connectivity index (χ4n) is 1.95. The van der Waals surface area contributed by atoms with Crippen molar-refractivity contribution in [3.05, 3.63) is 0 Å². The molecule has 1 rings (SSSR count). The van der Waals surface area contributed by atoms with Gasteiger partial charge < -0.3 is 15.3 Å². The van der Waals surface area contributed by atoms with E-state index in [1.807, 2.05) is 7.05 Å². The maximum Gasteiger partial charge on any atom is 0.0558 e. The normalized spacial score (nSPS) is 26.0. The summed E-state index contributed by atoms with van der Waals surface area (Å²) in [4.78, 5) is 2.35. The number of β-amino-alcohol motifs (C(OH)–C–C–N with tert-alkyl or cyclic N) is 1. The van der Waals surface area contributed by atoms with Crippen LogP contribution in [-0.4, -0.2) is 49.8 Å². The summed E-state index contributed by atoms with van der Waals surface area (Å²) in [6, 6.07) is 0. The van der Waals surface area contributed by atoms with Gasteiger partial charge in [0.25, 0.3) is 0 Å². The van der Waals surface area contributed by atoms with Crippen molar-refractivity contribution < 1.29 is 5.11 Å². The van der Waals surface area contributed by atoms with Crippen LogP contribution in [0.4, 0.5) is 0 Å². The van der Waals surface area contributed by atoms with Crippen LogP contribution in [0.5, 0.6) is 0 Å². The molecule has 1 atom stereocenters. The highest BCUT2D eigenvalue weighted by Gasteiger charge is 2.18. The molecule has 72 valence electrons. The van der Waals surface area contributed by atoms with Gasteiger partial charge in [0, 0.05) is 13.1 Å². The quantitative estimate of drug-likeness (QED) is 0.622. The van der Waals surface area contributed by atoms with E-state index in [4.69, 9.17) is 5.11 Å². The highest BCUT2D eigenvalue weighted by Crippen LogP contribution is 2.14. The fraction of sp³-hybridized carbons (Fsp3) is 1.00. The molecule has 0 spiro atoms. The Hall–Kier alpha value is -0.120. The van der Waals surface area contributed by atoms with Crippen LogP contribution >= 0.6 is 0 Å². The Morgan fingerprint density at radius 3 is 3.08 bits per heavy atom. The van der Waals surface area contributed by atoms with Gasteiger partial charge >= 0.3 is 0 Å². The van der Waals surface area contributed by atoms with Gasteiger partial charge in [0.05, 0.1) is 6.61 Å². The van der Waals surface area contributed by atoms with E-state index in [0.717, 1.165) is 25.6 Å². The lowest BCUT2D eigenvalue weighted by molar-refractivity contribution is 0.140. The second kappa shape index (κ2) is 5.51. The summed E-state index contributed by atoms with van der Waals surface area (Å²) in [6.07, 6.45) is 2.62. The zero-order chi connectivity index (χ0) is 8.81. The first-order valence-electron chi connectivity index (χ1n) is 4.84. The first-order valence-corrected chi connectivity index (χ1v) is 4.84.